The number of amides is 1. The van der Waals surface area contributed by atoms with E-state index >= 15 is 0 Å². The van der Waals surface area contributed by atoms with Crippen LogP contribution in [0, 0.1) is 10.1 Å². The summed E-state index contributed by atoms with van der Waals surface area (Å²) >= 11 is 5.72. The van der Waals surface area contributed by atoms with Crippen LogP contribution in [0.15, 0.2) is 24.3 Å². The molecule has 22 heavy (non-hydrogen) atoms. The van der Waals surface area contributed by atoms with Gasteiger partial charge in [-0.05, 0) is 31.2 Å². The third-order valence-electron chi connectivity index (χ3n) is 3.49. The molecule has 2 unspecified atom stereocenters. The van der Waals surface area contributed by atoms with Gasteiger partial charge in [0.2, 0.25) is 6.04 Å². The molecule has 0 radical (unpaired) electrons. The summed E-state index contributed by atoms with van der Waals surface area (Å²) < 4.78 is 23.3. The van der Waals surface area contributed by atoms with Gasteiger partial charge in [-0.2, -0.15) is 0 Å². The zero-order chi connectivity index (χ0) is 16.5. The van der Waals surface area contributed by atoms with Crippen LogP contribution >= 0.6 is 11.6 Å². The molecule has 2 rings (SSSR count). The van der Waals surface area contributed by atoms with E-state index in [4.69, 9.17) is 11.6 Å². The summed E-state index contributed by atoms with van der Waals surface area (Å²) in [5, 5.41) is 11.5. The molecule has 1 aromatic carbocycles. The molecule has 10 heteroatoms. The highest BCUT2D eigenvalue weighted by molar-refractivity contribution is 7.91. The molecular weight excluding hydrogens is 334 g/mol. The highest BCUT2D eigenvalue weighted by Gasteiger charge is 2.55. The van der Waals surface area contributed by atoms with Gasteiger partial charge in [-0.3, -0.25) is 20.3 Å². The Morgan fingerprint density at radius 2 is 2.00 bits per heavy atom. The second-order valence-electron chi connectivity index (χ2n) is 5.36. The Balaban J connectivity index is 2.10. The number of hydrogen-bond donors (Lipinski definition) is 2. The maximum atomic E-state index is 12.0. The number of hydrogen-bond acceptors (Lipinski definition) is 6. The Labute approximate surface area is 131 Å². The maximum absolute atomic E-state index is 12.0. The van der Waals surface area contributed by atoms with Gasteiger partial charge in [0.05, 0.1) is 5.75 Å². The average molecular weight is 348 g/mol. The van der Waals surface area contributed by atoms with Crippen LogP contribution in [0.5, 0.6) is 0 Å². The molecular formula is C12H14ClN3O5S. The number of sulfone groups is 1. The molecule has 2 atom stereocenters. The topological polar surface area (TPSA) is 118 Å². The van der Waals surface area contributed by atoms with Gasteiger partial charge < -0.3 is 0 Å². The minimum atomic E-state index is -3.54. The lowest BCUT2D eigenvalue weighted by atomic mass is 9.98. The predicted molar refractivity (Wildman–Crippen MR) is 79.9 cm³/mol. The number of hydrazine groups is 1. The first-order chi connectivity index (χ1) is 10.1. The second kappa shape index (κ2) is 5.82. The van der Waals surface area contributed by atoms with Crippen LogP contribution in [-0.2, 0) is 9.84 Å². The Hall–Kier alpha value is -1.71. The standard InChI is InChI=1S/C12H14ClN3O5S/c1-12(7-22(20,21)6-10(12)16(18)19)15-14-11(17)8-2-4-9(13)5-3-8/h2-5,10,15H,6-7H2,1H3,(H,14,17). The second-order valence-corrected chi connectivity index (χ2v) is 7.90. The first-order valence-electron chi connectivity index (χ1n) is 6.30. The smallest absolute Gasteiger partial charge is 0.265 e. The van der Waals surface area contributed by atoms with E-state index in [0.29, 0.717) is 10.6 Å². The van der Waals surface area contributed by atoms with Crippen LogP contribution in [-0.4, -0.2) is 42.3 Å². The molecule has 0 saturated carbocycles. The monoisotopic (exact) mass is 347 g/mol. The summed E-state index contributed by atoms with van der Waals surface area (Å²) in [6.07, 6.45) is 0. The minimum absolute atomic E-state index is 0.291. The molecule has 1 saturated heterocycles. The number of rotatable bonds is 4. The van der Waals surface area contributed by atoms with Gasteiger partial charge in [0.25, 0.3) is 5.91 Å². The van der Waals surface area contributed by atoms with Gasteiger partial charge in [0.15, 0.2) is 9.84 Å². The van der Waals surface area contributed by atoms with Crippen molar-refractivity contribution >= 4 is 27.3 Å². The number of carbonyl (C=O) groups excluding carboxylic acids is 1. The van der Waals surface area contributed by atoms with Crippen LogP contribution in [0.1, 0.15) is 17.3 Å². The van der Waals surface area contributed by atoms with Crippen molar-refractivity contribution in [2.24, 2.45) is 0 Å². The van der Waals surface area contributed by atoms with Crippen LogP contribution < -0.4 is 10.9 Å². The number of nitrogens with one attached hydrogen (secondary N) is 2. The lowest BCUT2D eigenvalue weighted by Crippen LogP contribution is -2.60. The number of halogens is 1. The predicted octanol–water partition coefficient (Wildman–Crippen LogP) is 0.407. The molecule has 0 bridgehead atoms. The fraction of sp³-hybridized carbons (Fsp3) is 0.417. The molecule has 1 fully saturated rings. The quantitative estimate of drug-likeness (QED) is 0.601. The van der Waals surface area contributed by atoms with Crippen LogP contribution in [0.25, 0.3) is 0 Å². The van der Waals surface area contributed by atoms with E-state index in [2.05, 4.69) is 10.9 Å². The Morgan fingerprint density at radius 3 is 2.55 bits per heavy atom. The Bertz CT molecular complexity index is 706. The largest absolute Gasteiger partial charge is 0.287 e. The molecule has 120 valence electrons. The maximum Gasteiger partial charge on any atom is 0.265 e. The van der Waals surface area contributed by atoms with Crippen molar-refractivity contribution in [2.45, 2.75) is 18.5 Å². The molecule has 0 aromatic heterocycles. The van der Waals surface area contributed by atoms with Crippen molar-refractivity contribution in [3.63, 3.8) is 0 Å². The summed E-state index contributed by atoms with van der Waals surface area (Å²) in [5.74, 6) is -1.52. The number of carbonyl (C=O) groups is 1. The van der Waals surface area contributed by atoms with Crippen molar-refractivity contribution in [3.05, 3.63) is 45.0 Å². The summed E-state index contributed by atoms with van der Waals surface area (Å²) in [7, 11) is -3.54. The summed E-state index contributed by atoms with van der Waals surface area (Å²) in [4.78, 5) is 22.3. The van der Waals surface area contributed by atoms with E-state index in [-0.39, 0.29) is 0 Å². The van der Waals surface area contributed by atoms with Crippen molar-refractivity contribution in [2.75, 3.05) is 11.5 Å². The molecule has 1 aliphatic heterocycles. The first kappa shape index (κ1) is 16.7. The van der Waals surface area contributed by atoms with Gasteiger partial charge >= 0.3 is 0 Å². The SMILES string of the molecule is CC1(NNC(=O)c2ccc(Cl)cc2)CS(=O)(=O)CC1[N+](=O)[O-]. The van der Waals surface area contributed by atoms with Gasteiger partial charge in [0, 0.05) is 15.5 Å². The molecule has 2 N–H and O–H groups in total. The normalized spacial score (nSPS) is 26.5. The van der Waals surface area contributed by atoms with Gasteiger partial charge in [-0.1, -0.05) is 11.6 Å². The highest BCUT2D eigenvalue weighted by Crippen LogP contribution is 2.25. The molecule has 8 nitrogen and oxygen atoms in total. The van der Waals surface area contributed by atoms with Crippen molar-refractivity contribution in [1.29, 1.82) is 0 Å². The zero-order valence-electron chi connectivity index (χ0n) is 11.6. The number of benzene rings is 1. The molecule has 1 aliphatic rings. The summed E-state index contributed by atoms with van der Waals surface area (Å²) in [6, 6.07) is 4.69. The fourth-order valence-corrected chi connectivity index (χ4v) is 4.71. The van der Waals surface area contributed by atoms with Gasteiger partial charge in [-0.25, -0.2) is 13.8 Å². The van der Waals surface area contributed by atoms with E-state index in [0.717, 1.165) is 0 Å². The van der Waals surface area contributed by atoms with Crippen LogP contribution in [0.2, 0.25) is 5.02 Å². The highest BCUT2D eigenvalue weighted by atomic mass is 35.5. The van der Waals surface area contributed by atoms with E-state index in [9.17, 15) is 23.3 Å². The van der Waals surface area contributed by atoms with Gasteiger partial charge in [0.1, 0.15) is 11.3 Å². The van der Waals surface area contributed by atoms with E-state index in [1.165, 1.54) is 31.2 Å². The molecule has 1 heterocycles. The van der Waals surface area contributed by atoms with E-state index in [1.807, 2.05) is 0 Å². The summed E-state index contributed by atoms with van der Waals surface area (Å²) in [6.45, 7) is 1.40. The van der Waals surface area contributed by atoms with Gasteiger partial charge in [-0.15, -0.1) is 0 Å². The lowest BCUT2D eigenvalue weighted by Gasteiger charge is -2.25. The van der Waals surface area contributed by atoms with Crippen molar-refractivity contribution in [3.8, 4) is 0 Å². The lowest BCUT2D eigenvalue weighted by molar-refractivity contribution is -0.526. The van der Waals surface area contributed by atoms with Crippen molar-refractivity contribution in [1.82, 2.24) is 10.9 Å². The Kier molecular flexibility index (Phi) is 4.41. The Morgan fingerprint density at radius 1 is 1.41 bits per heavy atom. The van der Waals surface area contributed by atoms with Crippen molar-refractivity contribution < 1.29 is 18.1 Å². The third kappa shape index (κ3) is 3.54. The first-order valence-corrected chi connectivity index (χ1v) is 8.50. The molecule has 1 aromatic rings. The van der Waals surface area contributed by atoms with E-state index in [1.54, 1.807) is 0 Å². The summed E-state index contributed by atoms with van der Waals surface area (Å²) in [5.41, 5.74) is 3.75. The number of nitro groups is 1. The van der Waals surface area contributed by atoms with Crippen LogP contribution in [0.3, 0.4) is 0 Å². The fourth-order valence-electron chi connectivity index (χ4n) is 2.32. The molecule has 1 amide bonds. The minimum Gasteiger partial charge on any atom is -0.287 e. The molecule has 0 spiro atoms. The zero-order valence-corrected chi connectivity index (χ0v) is 13.1. The third-order valence-corrected chi connectivity index (χ3v) is 5.60. The average Bonchev–Trinajstić information content (AvgIpc) is 2.67. The van der Waals surface area contributed by atoms with E-state index < -0.39 is 43.8 Å². The van der Waals surface area contributed by atoms with Crippen LogP contribution in [0.4, 0.5) is 0 Å². The molecule has 0 aliphatic carbocycles. The number of nitrogens with zero attached hydrogens (tertiary/aromatic N) is 1.